The highest BCUT2D eigenvalue weighted by Gasteiger charge is 2.19. The standard InChI is InChI=1S/C17H20FN3OS.ClH/c1-11-15(9-12-5-2-3-7-14(12)18)23-17(20-11)21-16(22)10-13-6-4-8-19-13;/h2-3,5,7,13,19H,4,6,8-10H2,1H3,(H,20,21,22);1H. The van der Waals surface area contributed by atoms with Gasteiger partial charge in [0.1, 0.15) is 5.82 Å². The fraction of sp³-hybridized carbons (Fsp3) is 0.412. The number of aromatic nitrogens is 1. The average molecular weight is 370 g/mol. The zero-order valence-corrected chi connectivity index (χ0v) is 15.1. The van der Waals surface area contributed by atoms with E-state index in [1.807, 2.05) is 13.0 Å². The number of carbonyl (C=O) groups excluding carboxylic acids is 1. The molecule has 0 radical (unpaired) electrons. The van der Waals surface area contributed by atoms with Gasteiger partial charge in [-0.05, 0) is 37.9 Å². The van der Waals surface area contributed by atoms with E-state index < -0.39 is 0 Å². The molecule has 0 aliphatic carbocycles. The second kappa shape index (κ2) is 8.55. The third kappa shape index (κ3) is 4.75. The summed E-state index contributed by atoms with van der Waals surface area (Å²) in [6, 6.07) is 7.02. The summed E-state index contributed by atoms with van der Waals surface area (Å²) < 4.78 is 13.8. The lowest BCUT2D eigenvalue weighted by Gasteiger charge is -2.08. The van der Waals surface area contributed by atoms with Gasteiger partial charge in [-0.3, -0.25) is 4.79 Å². The SMILES string of the molecule is Cc1nc(NC(=O)CC2CCCN2)sc1Cc1ccccc1F.Cl. The summed E-state index contributed by atoms with van der Waals surface area (Å²) >= 11 is 1.42. The number of nitrogens with zero attached hydrogens (tertiary/aromatic N) is 1. The topological polar surface area (TPSA) is 54.0 Å². The highest BCUT2D eigenvalue weighted by Crippen LogP contribution is 2.26. The van der Waals surface area contributed by atoms with Crippen molar-refractivity contribution >= 4 is 34.8 Å². The van der Waals surface area contributed by atoms with E-state index in [1.54, 1.807) is 12.1 Å². The van der Waals surface area contributed by atoms with Crippen LogP contribution in [-0.4, -0.2) is 23.5 Å². The zero-order valence-electron chi connectivity index (χ0n) is 13.5. The van der Waals surface area contributed by atoms with Crippen molar-refractivity contribution in [2.75, 3.05) is 11.9 Å². The second-order valence-electron chi connectivity index (χ2n) is 5.84. The summed E-state index contributed by atoms with van der Waals surface area (Å²) in [7, 11) is 0. The molecule has 1 aliphatic rings. The number of rotatable bonds is 5. The van der Waals surface area contributed by atoms with Gasteiger partial charge in [0, 0.05) is 23.8 Å². The molecule has 0 spiro atoms. The van der Waals surface area contributed by atoms with Crippen LogP contribution in [0, 0.1) is 12.7 Å². The number of halogens is 2. The van der Waals surface area contributed by atoms with E-state index in [9.17, 15) is 9.18 Å². The Labute approximate surface area is 151 Å². The highest BCUT2D eigenvalue weighted by molar-refractivity contribution is 7.15. The van der Waals surface area contributed by atoms with Crippen LogP contribution in [0.3, 0.4) is 0 Å². The predicted molar refractivity (Wildman–Crippen MR) is 97.6 cm³/mol. The van der Waals surface area contributed by atoms with Gasteiger partial charge in [0.2, 0.25) is 5.91 Å². The molecule has 1 aliphatic heterocycles. The van der Waals surface area contributed by atoms with E-state index >= 15 is 0 Å². The lowest BCUT2D eigenvalue weighted by molar-refractivity contribution is -0.116. The molecule has 1 aromatic heterocycles. The van der Waals surface area contributed by atoms with Crippen molar-refractivity contribution in [3.63, 3.8) is 0 Å². The summed E-state index contributed by atoms with van der Waals surface area (Å²) in [4.78, 5) is 17.4. The molecule has 1 saturated heterocycles. The first kappa shape index (κ1) is 18.8. The summed E-state index contributed by atoms with van der Waals surface area (Å²) in [5, 5.41) is 6.77. The van der Waals surface area contributed by atoms with Gasteiger partial charge in [0.25, 0.3) is 0 Å². The van der Waals surface area contributed by atoms with Crippen molar-refractivity contribution in [1.82, 2.24) is 10.3 Å². The number of aryl methyl sites for hydroxylation is 1. The lowest BCUT2D eigenvalue weighted by Crippen LogP contribution is -2.27. The van der Waals surface area contributed by atoms with Crippen LogP contribution >= 0.6 is 23.7 Å². The third-order valence-electron chi connectivity index (χ3n) is 4.04. The van der Waals surface area contributed by atoms with E-state index in [1.165, 1.54) is 17.4 Å². The molecular formula is C17H21ClFN3OS. The van der Waals surface area contributed by atoms with Crippen LogP contribution < -0.4 is 10.6 Å². The van der Waals surface area contributed by atoms with Crippen LogP contribution in [-0.2, 0) is 11.2 Å². The van der Waals surface area contributed by atoms with Gasteiger partial charge >= 0.3 is 0 Å². The molecule has 130 valence electrons. The molecule has 1 aromatic carbocycles. The first-order chi connectivity index (χ1) is 11.1. The number of nitrogens with one attached hydrogen (secondary N) is 2. The minimum Gasteiger partial charge on any atom is -0.313 e. The summed E-state index contributed by atoms with van der Waals surface area (Å²) in [5.74, 6) is -0.228. The van der Waals surface area contributed by atoms with Crippen LogP contribution in [0.4, 0.5) is 9.52 Å². The summed E-state index contributed by atoms with van der Waals surface area (Å²) in [6.45, 7) is 2.88. The molecule has 2 N–H and O–H groups in total. The van der Waals surface area contributed by atoms with E-state index in [-0.39, 0.29) is 30.2 Å². The van der Waals surface area contributed by atoms with Crippen LogP contribution in [0.25, 0.3) is 0 Å². The molecule has 4 nitrogen and oxygen atoms in total. The number of carbonyl (C=O) groups is 1. The Morgan fingerprint density at radius 3 is 2.96 bits per heavy atom. The van der Waals surface area contributed by atoms with E-state index in [2.05, 4.69) is 15.6 Å². The molecule has 24 heavy (non-hydrogen) atoms. The molecule has 2 aromatic rings. The number of anilines is 1. The second-order valence-corrected chi connectivity index (χ2v) is 6.92. The van der Waals surface area contributed by atoms with Crippen molar-refractivity contribution in [3.8, 4) is 0 Å². The molecule has 7 heteroatoms. The molecular weight excluding hydrogens is 349 g/mol. The fourth-order valence-corrected chi connectivity index (χ4v) is 3.79. The van der Waals surface area contributed by atoms with Gasteiger partial charge in [-0.1, -0.05) is 18.2 Å². The molecule has 1 atom stereocenters. The molecule has 3 rings (SSSR count). The van der Waals surface area contributed by atoms with E-state index in [0.29, 0.717) is 23.5 Å². The van der Waals surface area contributed by atoms with Crippen molar-refractivity contribution in [3.05, 3.63) is 46.2 Å². The quantitative estimate of drug-likeness (QED) is 0.845. The molecule has 1 unspecified atom stereocenters. The van der Waals surface area contributed by atoms with Gasteiger partial charge in [-0.25, -0.2) is 9.37 Å². The number of amides is 1. The number of thiazole rings is 1. The maximum atomic E-state index is 13.8. The molecule has 1 fully saturated rings. The Morgan fingerprint density at radius 1 is 1.46 bits per heavy atom. The largest absolute Gasteiger partial charge is 0.313 e. The number of benzene rings is 1. The van der Waals surface area contributed by atoms with Crippen molar-refractivity contribution in [1.29, 1.82) is 0 Å². The Bertz CT molecular complexity index is 701. The Hall–Kier alpha value is -1.50. The normalized spacial score (nSPS) is 16.7. The maximum Gasteiger partial charge on any atom is 0.227 e. The van der Waals surface area contributed by atoms with Gasteiger partial charge in [0.15, 0.2) is 5.13 Å². The monoisotopic (exact) mass is 369 g/mol. The maximum absolute atomic E-state index is 13.8. The molecule has 0 bridgehead atoms. The minimum atomic E-state index is -0.210. The number of hydrogen-bond donors (Lipinski definition) is 2. The lowest BCUT2D eigenvalue weighted by atomic mass is 10.1. The Kier molecular flexibility index (Phi) is 6.71. The highest BCUT2D eigenvalue weighted by atomic mass is 35.5. The van der Waals surface area contributed by atoms with Gasteiger partial charge in [-0.2, -0.15) is 0 Å². The molecule has 1 amide bonds. The Balaban J connectivity index is 0.00000208. The van der Waals surface area contributed by atoms with Crippen LogP contribution in [0.2, 0.25) is 0 Å². The first-order valence-electron chi connectivity index (χ1n) is 7.85. The zero-order chi connectivity index (χ0) is 16.2. The third-order valence-corrected chi connectivity index (χ3v) is 5.11. The van der Waals surface area contributed by atoms with Crippen LogP contribution in [0.15, 0.2) is 24.3 Å². The van der Waals surface area contributed by atoms with Crippen LogP contribution in [0.1, 0.15) is 35.4 Å². The van der Waals surface area contributed by atoms with Gasteiger partial charge in [0.05, 0.1) is 5.69 Å². The van der Waals surface area contributed by atoms with Crippen molar-refractivity contribution in [2.24, 2.45) is 0 Å². The predicted octanol–water partition coefficient (Wildman–Crippen LogP) is 3.68. The molecule has 2 heterocycles. The summed E-state index contributed by atoms with van der Waals surface area (Å²) in [5.41, 5.74) is 1.49. The van der Waals surface area contributed by atoms with Crippen molar-refractivity contribution in [2.45, 2.75) is 38.6 Å². The van der Waals surface area contributed by atoms with E-state index in [0.717, 1.165) is 30.0 Å². The smallest absolute Gasteiger partial charge is 0.227 e. The number of hydrogen-bond acceptors (Lipinski definition) is 4. The summed E-state index contributed by atoms with van der Waals surface area (Å²) in [6.07, 6.45) is 3.14. The average Bonchev–Trinajstić information content (AvgIpc) is 3.12. The van der Waals surface area contributed by atoms with Gasteiger partial charge in [-0.15, -0.1) is 23.7 Å². The Morgan fingerprint density at radius 2 is 2.25 bits per heavy atom. The van der Waals surface area contributed by atoms with E-state index in [4.69, 9.17) is 0 Å². The van der Waals surface area contributed by atoms with Crippen LogP contribution in [0.5, 0.6) is 0 Å². The van der Waals surface area contributed by atoms with Gasteiger partial charge < -0.3 is 10.6 Å². The van der Waals surface area contributed by atoms with Crippen molar-refractivity contribution < 1.29 is 9.18 Å². The first-order valence-corrected chi connectivity index (χ1v) is 8.66. The fourth-order valence-electron chi connectivity index (χ4n) is 2.79. The molecule has 0 saturated carbocycles. The minimum absolute atomic E-state index is 0.